The Balaban J connectivity index is 1.73. The first-order valence-electron chi connectivity index (χ1n) is 8.00. The molecule has 5 heteroatoms. The molecule has 2 aromatic heterocycles. The van der Waals surface area contributed by atoms with E-state index in [9.17, 15) is 0 Å². The molecule has 0 amide bonds. The maximum Gasteiger partial charge on any atom is 0.0890 e. The number of nitrogens with zero attached hydrogens (tertiary/aromatic N) is 2. The number of fused-ring (bicyclic) bond motifs is 1. The predicted octanol–water partition coefficient (Wildman–Crippen LogP) is 2.60. The van der Waals surface area contributed by atoms with Crippen LogP contribution in [0.25, 0.3) is 5.52 Å². The molecule has 0 atom stereocenters. The summed E-state index contributed by atoms with van der Waals surface area (Å²) in [5, 5.41) is 7.60. The van der Waals surface area contributed by atoms with E-state index in [4.69, 9.17) is 9.47 Å². The summed E-state index contributed by atoms with van der Waals surface area (Å²) in [4.78, 5) is 0. The number of aromatic nitrogens is 2. The van der Waals surface area contributed by atoms with Crippen LogP contribution in [-0.4, -0.2) is 42.5 Å². The lowest BCUT2D eigenvalue weighted by molar-refractivity contribution is -0.0203. The van der Waals surface area contributed by atoms with Gasteiger partial charge in [0.05, 0.1) is 24.3 Å². The number of hydrogen-bond donors (Lipinski definition) is 1. The molecule has 0 saturated carbocycles. The van der Waals surface area contributed by atoms with Crippen molar-refractivity contribution < 1.29 is 9.47 Å². The van der Waals surface area contributed by atoms with Gasteiger partial charge in [0.1, 0.15) is 0 Å². The van der Waals surface area contributed by atoms with E-state index in [1.165, 1.54) is 0 Å². The Kier molecular flexibility index (Phi) is 6.36. The van der Waals surface area contributed by atoms with Gasteiger partial charge in [0.25, 0.3) is 0 Å². The molecule has 0 bridgehead atoms. The minimum Gasteiger partial charge on any atom is -0.380 e. The number of hydrogen-bond acceptors (Lipinski definition) is 4. The zero-order chi connectivity index (χ0) is 15.8. The Morgan fingerprint density at radius 3 is 2.77 bits per heavy atom. The highest BCUT2D eigenvalue weighted by Crippen LogP contribution is 2.24. The largest absolute Gasteiger partial charge is 0.380 e. The van der Waals surface area contributed by atoms with E-state index < -0.39 is 0 Å². The molecule has 0 fully saturated rings. The highest BCUT2D eigenvalue weighted by atomic mass is 16.5. The van der Waals surface area contributed by atoms with Crippen molar-refractivity contribution in [1.82, 2.24) is 14.9 Å². The Hall–Kier alpha value is -1.43. The van der Waals surface area contributed by atoms with Gasteiger partial charge < -0.3 is 14.8 Å². The Bertz CT molecular complexity index is 566. The highest BCUT2D eigenvalue weighted by molar-refractivity contribution is 5.46. The maximum atomic E-state index is 6.02. The topological polar surface area (TPSA) is 47.8 Å². The lowest BCUT2D eigenvalue weighted by atomic mass is 10.00. The van der Waals surface area contributed by atoms with Crippen molar-refractivity contribution in [2.75, 3.05) is 32.9 Å². The average Bonchev–Trinajstić information content (AvgIpc) is 2.97. The summed E-state index contributed by atoms with van der Waals surface area (Å²) in [6, 6.07) is 6.15. The molecule has 0 aliphatic heterocycles. The van der Waals surface area contributed by atoms with Gasteiger partial charge in [-0.3, -0.25) is 0 Å². The van der Waals surface area contributed by atoms with Gasteiger partial charge in [-0.25, -0.2) is 4.52 Å². The van der Waals surface area contributed by atoms with E-state index in [0.717, 1.165) is 43.8 Å². The van der Waals surface area contributed by atoms with E-state index in [2.05, 4.69) is 43.3 Å². The quantitative estimate of drug-likeness (QED) is 0.686. The van der Waals surface area contributed by atoms with Crippen molar-refractivity contribution in [2.24, 2.45) is 0 Å². The number of pyridine rings is 1. The van der Waals surface area contributed by atoms with Crippen LogP contribution in [-0.2, 0) is 15.1 Å². The molecule has 22 heavy (non-hydrogen) atoms. The van der Waals surface area contributed by atoms with Crippen LogP contribution in [0.4, 0.5) is 0 Å². The minimum absolute atomic E-state index is 0.333. The summed E-state index contributed by atoms with van der Waals surface area (Å²) in [6.45, 7) is 10.2. The molecule has 1 N–H and O–H groups in total. The molecule has 0 spiro atoms. The van der Waals surface area contributed by atoms with Crippen molar-refractivity contribution >= 4 is 5.52 Å². The van der Waals surface area contributed by atoms with Crippen molar-refractivity contribution in [1.29, 1.82) is 0 Å². The zero-order valence-electron chi connectivity index (χ0n) is 13.8. The Morgan fingerprint density at radius 1 is 1.14 bits per heavy atom. The van der Waals surface area contributed by atoms with Crippen LogP contribution in [0.3, 0.4) is 0 Å². The van der Waals surface area contributed by atoms with Gasteiger partial charge in [0, 0.05) is 37.7 Å². The van der Waals surface area contributed by atoms with Crippen LogP contribution in [0.15, 0.2) is 30.6 Å². The lowest BCUT2D eigenvalue weighted by Crippen LogP contribution is -2.29. The van der Waals surface area contributed by atoms with Gasteiger partial charge in [-0.2, -0.15) is 5.10 Å². The summed E-state index contributed by atoms with van der Waals surface area (Å²) < 4.78 is 13.3. The number of nitrogens with one attached hydrogen (secondary N) is 1. The molecule has 0 saturated heterocycles. The third-order valence-corrected chi connectivity index (χ3v) is 3.60. The van der Waals surface area contributed by atoms with Crippen LogP contribution < -0.4 is 5.32 Å². The molecular formula is C17H27N3O2. The molecule has 2 aromatic rings. The fourth-order valence-corrected chi connectivity index (χ4v) is 2.25. The molecule has 0 unspecified atom stereocenters. The Labute approximate surface area is 132 Å². The first-order chi connectivity index (χ1) is 10.6. The van der Waals surface area contributed by atoms with Crippen LogP contribution in [0.2, 0.25) is 0 Å². The summed E-state index contributed by atoms with van der Waals surface area (Å²) in [5.74, 6) is 0. The smallest absolute Gasteiger partial charge is 0.0890 e. The second-order valence-electron chi connectivity index (χ2n) is 5.84. The number of rotatable bonds is 10. The van der Waals surface area contributed by atoms with Crippen LogP contribution in [0.5, 0.6) is 0 Å². The summed E-state index contributed by atoms with van der Waals surface area (Å²) >= 11 is 0. The molecule has 0 aliphatic rings. The van der Waals surface area contributed by atoms with E-state index >= 15 is 0 Å². The zero-order valence-corrected chi connectivity index (χ0v) is 13.8. The van der Waals surface area contributed by atoms with Crippen molar-refractivity contribution in [3.8, 4) is 0 Å². The van der Waals surface area contributed by atoms with Gasteiger partial charge in [-0.15, -0.1) is 0 Å². The Morgan fingerprint density at radius 2 is 1.95 bits per heavy atom. The molecule has 2 rings (SSSR count). The van der Waals surface area contributed by atoms with Gasteiger partial charge >= 0.3 is 0 Å². The summed E-state index contributed by atoms with van der Waals surface area (Å²) in [6.07, 6.45) is 4.90. The monoisotopic (exact) mass is 305 g/mol. The molecule has 0 aliphatic carbocycles. The standard InChI is InChI=1S/C17H27N3O2/c1-4-11-21-12-9-18-10-13-22-17(2,3)15-5-6-16-7-8-19-20(16)14-15/h5-8,14,18H,4,9-13H2,1-3H3. The van der Waals surface area contributed by atoms with Crippen molar-refractivity contribution in [3.05, 3.63) is 36.2 Å². The molecular weight excluding hydrogens is 278 g/mol. The SMILES string of the molecule is CCCOCCNCCOC(C)(C)c1ccc2ccnn2c1. The third kappa shape index (κ3) is 4.80. The average molecular weight is 305 g/mol. The first kappa shape index (κ1) is 16.9. The van der Waals surface area contributed by atoms with E-state index in [0.29, 0.717) is 6.61 Å². The van der Waals surface area contributed by atoms with Gasteiger partial charge in [-0.05, 0) is 32.4 Å². The fourth-order valence-electron chi connectivity index (χ4n) is 2.25. The van der Waals surface area contributed by atoms with Gasteiger partial charge in [-0.1, -0.05) is 13.0 Å². The van der Waals surface area contributed by atoms with E-state index in [-0.39, 0.29) is 5.60 Å². The van der Waals surface area contributed by atoms with Crippen LogP contribution in [0, 0.1) is 0 Å². The van der Waals surface area contributed by atoms with E-state index in [1.807, 2.05) is 16.8 Å². The molecule has 2 heterocycles. The molecule has 122 valence electrons. The normalized spacial score (nSPS) is 12.1. The fraction of sp³-hybridized carbons (Fsp3) is 0.588. The van der Waals surface area contributed by atoms with Crippen LogP contribution in [0.1, 0.15) is 32.8 Å². The second kappa shape index (κ2) is 8.27. The van der Waals surface area contributed by atoms with Gasteiger partial charge in [0.2, 0.25) is 0 Å². The minimum atomic E-state index is -0.333. The second-order valence-corrected chi connectivity index (χ2v) is 5.84. The van der Waals surface area contributed by atoms with E-state index in [1.54, 1.807) is 6.20 Å². The predicted molar refractivity (Wildman–Crippen MR) is 88.1 cm³/mol. The highest BCUT2D eigenvalue weighted by Gasteiger charge is 2.21. The summed E-state index contributed by atoms with van der Waals surface area (Å²) in [7, 11) is 0. The van der Waals surface area contributed by atoms with Crippen molar-refractivity contribution in [2.45, 2.75) is 32.8 Å². The van der Waals surface area contributed by atoms with Gasteiger partial charge in [0.15, 0.2) is 0 Å². The molecule has 5 nitrogen and oxygen atoms in total. The summed E-state index contributed by atoms with van der Waals surface area (Å²) in [5.41, 5.74) is 1.88. The van der Waals surface area contributed by atoms with Crippen molar-refractivity contribution in [3.63, 3.8) is 0 Å². The first-order valence-corrected chi connectivity index (χ1v) is 8.00. The van der Waals surface area contributed by atoms with Crippen LogP contribution >= 0.6 is 0 Å². The maximum absolute atomic E-state index is 6.02. The third-order valence-electron chi connectivity index (χ3n) is 3.60. The lowest BCUT2D eigenvalue weighted by Gasteiger charge is -2.26. The number of ether oxygens (including phenoxy) is 2. The molecule has 0 aromatic carbocycles. The molecule has 0 radical (unpaired) electrons.